The van der Waals surface area contributed by atoms with E-state index >= 15 is 0 Å². The predicted octanol–water partition coefficient (Wildman–Crippen LogP) is -0.00980. The fourth-order valence-corrected chi connectivity index (χ4v) is 2.14. The number of nitrogens with two attached hydrogens (primary N) is 1. The molecule has 0 radical (unpaired) electrons. The minimum atomic E-state index is -5.02. The van der Waals surface area contributed by atoms with Gasteiger partial charge in [0.05, 0.1) is 26.9 Å². The van der Waals surface area contributed by atoms with Gasteiger partial charge in [-0.05, 0) is 0 Å². The molecule has 2 N–H and O–H groups in total. The minimum absolute atomic E-state index is 0.249. The maximum atomic E-state index is 11.4. The number of hydrogen-bond donors (Lipinski definition) is 1. The molecule has 1 aromatic rings. The number of non-ortho nitro benzene ring substituents is 1. The molecular formula is C6H4N4O9S. The first-order valence-electron chi connectivity index (χ1n) is 4.36. The van der Waals surface area contributed by atoms with E-state index in [1.165, 1.54) is 0 Å². The molecule has 0 atom stereocenters. The number of rotatable bonds is 5. The van der Waals surface area contributed by atoms with E-state index in [1.54, 1.807) is 0 Å². The summed E-state index contributed by atoms with van der Waals surface area (Å²) in [5.74, 6) is 4.41. The number of benzene rings is 1. The molecule has 0 saturated carbocycles. The Morgan fingerprint density at radius 2 is 1.35 bits per heavy atom. The summed E-state index contributed by atoms with van der Waals surface area (Å²) in [7, 11) is -5.02. The van der Waals surface area contributed by atoms with Crippen LogP contribution in [0, 0.1) is 30.3 Å². The van der Waals surface area contributed by atoms with Crippen LogP contribution >= 0.6 is 0 Å². The molecule has 0 amide bonds. The van der Waals surface area contributed by atoms with Crippen molar-refractivity contribution in [1.29, 1.82) is 0 Å². The van der Waals surface area contributed by atoms with Gasteiger partial charge in [0.2, 0.25) is 0 Å². The highest BCUT2D eigenvalue weighted by atomic mass is 32.2. The van der Waals surface area contributed by atoms with Crippen LogP contribution in [0.25, 0.3) is 0 Å². The van der Waals surface area contributed by atoms with Gasteiger partial charge in [0.15, 0.2) is 0 Å². The Kier molecular flexibility index (Phi) is 3.92. The standard InChI is InChI=1S/C6H4N4O9S/c7-19-20(17,18)6-4(9(13)14)1-3(8(11)12)2-5(6)10(15)16/h1-2H,7H2. The van der Waals surface area contributed by atoms with E-state index in [-0.39, 0.29) is 12.1 Å². The molecule has 20 heavy (non-hydrogen) atoms. The van der Waals surface area contributed by atoms with E-state index < -0.39 is 46.8 Å². The normalized spacial score (nSPS) is 11.1. The molecule has 0 bridgehead atoms. The van der Waals surface area contributed by atoms with Crippen molar-refractivity contribution in [2.24, 2.45) is 5.90 Å². The van der Waals surface area contributed by atoms with E-state index in [0.717, 1.165) is 0 Å². The lowest BCUT2D eigenvalue weighted by Gasteiger charge is -2.03. The van der Waals surface area contributed by atoms with Crippen molar-refractivity contribution < 1.29 is 27.5 Å². The van der Waals surface area contributed by atoms with E-state index in [0.29, 0.717) is 0 Å². The molecule has 0 aliphatic carbocycles. The van der Waals surface area contributed by atoms with Crippen LogP contribution in [-0.2, 0) is 14.4 Å². The lowest BCUT2D eigenvalue weighted by molar-refractivity contribution is -0.407. The Morgan fingerprint density at radius 3 is 1.60 bits per heavy atom. The Balaban J connectivity index is 3.93. The van der Waals surface area contributed by atoms with Crippen molar-refractivity contribution in [3.63, 3.8) is 0 Å². The molecule has 0 fully saturated rings. The molecule has 0 spiro atoms. The molecule has 14 heteroatoms. The molecular weight excluding hydrogens is 304 g/mol. The first kappa shape index (κ1) is 15.3. The highest BCUT2D eigenvalue weighted by molar-refractivity contribution is 7.87. The van der Waals surface area contributed by atoms with Crippen LogP contribution in [0.2, 0.25) is 0 Å². The fourth-order valence-electron chi connectivity index (χ4n) is 1.27. The molecule has 0 aromatic heterocycles. The maximum absolute atomic E-state index is 11.4. The van der Waals surface area contributed by atoms with Crippen LogP contribution in [-0.4, -0.2) is 23.2 Å². The van der Waals surface area contributed by atoms with Gasteiger partial charge in [-0.2, -0.15) is 18.6 Å². The lowest BCUT2D eigenvalue weighted by Crippen LogP contribution is -2.15. The van der Waals surface area contributed by atoms with Gasteiger partial charge >= 0.3 is 21.5 Å². The van der Waals surface area contributed by atoms with E-state index in [2.05, 4.69) is 10.2 Å². The molecule has 1 rings (SSSR count). The second-order valence-corrected chi connectivity index (χ2v) is 4.64. The number of nitro benzene ring substituents is 3. The van der Waals surface area contributed by atoms with Crippen LogP contribution < -0.4 is 5.90 Å². The average molecular weight is 308 g/mol. The summed E-state index contributed by atoms with van der Waals surface area (Å²) in [6.45, 7) is 0. The summed E-state index contributed by atoms with van der Waals surface area (Å²) in [4.78, 5) is 26.7. The number of hydrogen-bond acceptors (Lipinski definition) is 10. The Morgan fingerprint density at radius 1 is 0.950 bits per heavy atom. The summed E-state index contributed by atoms with van der Waals surface area (Å²) in [6.07, 6.45) is 0. The van der Waals surface area contributed by atoms with Crippen molar-refractivity contribution in [3.05, 3.63) is 42.5 Å². The second-order valence-electron chi connectivity index (χ2n) is 3.13. The van der Waals surface area contributed by atoms with Gasteiger partial charge in [0.1, 0.15) is 0 Å². The monoisotopic (exact) mass is 308 g/mol. The van der Waals surface area contributed by atoms with Gasteiger partial charge in [-0.1, -0.05) is 0 Å². The zero-order valence-electron chi connectivity index (χ0n) is 9.16. The van der Waals surface area contributed by atoms with Crippen LogP contribution in [0.15, 0.2) is 17.0 Å². The largest absolute Gasteiger partial charge is 0.326 e. The van der Waals surface area contributed by atoms with Gasteiger partial charge in [-0.25, -0.2) is 0 Å². The van der Waals surface area contributed by atoms with Crippen LogP contribution in [0.1, 0.15) is 0 Å². The molecule has 108 valence electrons. The Hall–Kier alpha value is -2.71. The van der Waals surface area contributed by atoms with Crippen molar-refractivity contribution >= 4 is 27.2 Å². The summed E-state index contributed by atoms with van der Waals surface area (Å²) in [6, 6.07) is 0.498. The van der Waals surface area contributed by atoms with Gasteiger partial charge in [0, 0.05) is 0 Å². The lowest BCUT2D eigenvalue weighted by atomic mass is 10.2. The SMILES string of the molecule is NOS(=O)(=O)c1c([N+](=O)[O-])cc([N+](=O)[O-])cc1[N+](=O)[O-]. The van der Waals surface area contributed by atoms with Crippen LogP contribution in [0.3, 0.4) is 0 Å². The summed E-state index contributed by atoms with van der Waals surface area (Å²) < 4.78 is 26.3. The van der Waals surface area contributed by atoms with E-state index in [9.17, 15) is 38.8 Å². The third kappa shape index (κ3) is 2.66. The molecule has 0 heterocycles. The maximum Gasteiger partial charge on any atom is 0.326 e. The van der Waals surface area contributed by atoms with Gasteiger partial charge in [-0.3, -0.25) is 30.3 Å². The topological polar surface area (TPSA) is 199 Å². The molecule has 13 nitrogen and oxygen atoms in total. The summed E-state index contributed by atoms with van der Waals surface area (Å²) in [5, 5.41) is 32.0. The van der Waals surface area contributed by atoms with Crippen molar-refractivity contribution in [3.8, 4) is 0 Å². The first-order valence-corrected chi connectivity index (χ1v) is 5.77. The fraction of sp³-hybridized carbons (Fsp3) is 0. The third-order valence-electron chi connectivity index (χ3n) is 2.02. The van der Waals surface area contributed by atoms with Crippen molar-refractivity contribution in [1.82, 2.24) is 0 Å². The zero-order valence-corrected chi connectivity index (χ0v) is 9.97. The van der Waals surface area contributed by atoms with Crippen LogP contribution in [0.5, 0.6) is 0 Å². The van der Waals surface area contributed by atoms with E-state index in [1.807, 2.05) is 0 Å². The number of nitrogens with zero attached hydrogens (tertiary/aromatic N) is 3. The van der Waals surface area contributed by atoms with E-state index in [4.69, 9.17) is 0 Å². The molecule has 0 aliphatic rings. The highest BCUT2D eigenvalue weighted by Gasteiger charge is 2.39. The molecule has 0 saturated heterocycles. The second kappa shape index (κ2) is 5.11. The molecule has 0 unspecified atom stereocenters. The third-order valence-corrected chi connectivity index (χ3v) is 3.19. The molecule has 1 aromatic carbocycles. The van der Waals surface area contributed by atoms with Crippen molar-refractivity contribution in [2.75, 3.05) is 0 Å². The number of nitro groups is 3. The molecule has 0 aliphatic heterocycles. The zero-order chi connectivity index (χ0) is 15.7. The average Bonchev–Trinajstić information content (AvgIpc) is 2.36. The Bertz CT molecular complexity index is 676. The van der Waals surface area contributed by atoms with Gasteiger partial charge in [0.25, 0.3) is 10.6 Å². The van der Waals surface area contributed by atoms with Crippen molar-refractivity contribution in [2.45, 2.75) is 4.90 Å². The predicted molar refractivity (Wildman–Crippen MR) is 58.9 cm³/mol. The van der Waals surface area contributed by atoms with Gasteiger partial charge in [-0.15, -0.1) is 0 Å². The summed E-state index contributed by atoms with van der Waals surface area (Å²) >= 11 is 0. The quantitative estimate of drug-likeness (QED) is 0.569. The van der Waals surface area contributed by atoms with Crippen LogP contribution in [0.4, 0.5) is 17.1 Å². The van der Waals surface area contributed by atoms with Gasteiger partial charge < -0.3 is 0 Å². The summed E-state index contributed by atoms with van der Waals surface area (Å²) in [5.41, 5.74) is -3.81. The highest BCUT2D eigenvalue weighted by Crippen LogP contribution is 2.37. The first-order chi connectivity index (χ1) is 9.11. The Labute approximate surface area is 109 Å². The smallest absolute Gasteiger partial charge is 0.258 e. The minimum Gasteiger partial charge on any atom is -0.258 e.